The maximum atomic E-state index is 11.2. The highest BCUT2D eigenvalue weighted by Crippen LogP contribution is 2.33. The van der Waals surface area contributed by atoms with E-state index in [0.717, 1.165) is 27.7 Å². The molecule has 1 aromatic carbocycles. The fourth-order valence-corrected chi connectivity index (χ4v) is 3.29. The SMILES string of the molecule is CC(=O)NC(C)c1cc(-c2cnc(Oc3ccc(NC(C)C)cc3)s2)n[nH]1. The Hall–Kier alpha value is -2.87. The lowest BCUT2D eigenvalue weighted by atomic mass is 10.2. The lowest BCUT2D eigenvalue weighted by Gasteiger charge is -2.10. The van der Waals surface area contributed by atoms with Crippen molar-refractivity contribution in [2.45, 2.75) is 39.8 Å². The van der Waals surface area contributed by atoms with Crippen LogP contribution in [-0.4, -0.2) is 27.1 Å². The van der Waals surface area contributed by atoms with Gasteiger partial charge in [0.15, 0.2) is 0 Å². The van der Waals surface area contributed by atoms with Crippen LogP contribution in [0.25, 0.3) is 10.6 Å². The van der Waals surface area contributed by atoms with E-state index in [0.29, 0.717) is 11.2 Å². The molecule has 1 unspecified atom stereocenters. The molecule has 0 aliphatic carbocycles. The molecule has 0 saturated heterocycles. The number of aromatic amines is 1. The van der Waals surface area contributed by atoms with Crippen LogP contribution >= 0.6 is 11.3 Å². The van der Waals surface area contributed by atoms with E-state index in [9.17, 15) is 4.79 Å². The number of H-pyrrole nitrogens is 1. The molecule has 0 aliphatic rings. The number of amides is 1. The number of nitrogens with zero attached hydrogens (tertiary/aromatic N) is 2. The number of aromatic nitrogens is 3. The van der Waals surface area contributed by atoms with Crippen molar-refractivity contribution in [3.8, 4) is 21.5 Å². The highest BCUT2D eigenvalue weighted by molar-refractivity contribution is 7.16. The van der Waals surface area contributed by atoms with E-state index in [1.54, 1.807) is 6.20 Å². The van der Waals surface area contributed by atoms with E-state index in [1.165, 1.54) is 18.3 Å². The van der Waals surface area contributed by atoms with Crippen LogP contribution in [0, 0.1) is 0 Å². The summed E-state index contributed by atoms with van der Waals surface area (Å²) in [4.78, 5) is 16.4. The van der Waals surface area contributed by atoms with Crippen LogP contribution in [0.1, 0.15) is 39.4 Å². The molecule has 142 valence electrons. The summed E-state index contributed by atoms with van der Waals surface area (Å²) in [5.74, 6) is 0.647. The van der Waals surface area contributed by atoms with E-state index in [-0.39, 0.29) is 11.9 Å². The number of anilines is 1. The van der Waals surface area contributed by atoms with Gasteiger partial charge in [-0.2, -0.15) is 5.10 Å². The summed E-state index contributed by atoms with van der Waals surface area (Å²) >= 11 is 1.42. The third kappa shape index (κ3) is 5.07. The van der Waals surface area contributed by atoms with Crippen molar-refractivity contribution in [3.05, 3.63) is 42.2 Å². The van der Waals surface area contributed by atoms with Crippen LogP contribution < -0.4 is 15.4 Å². The molecule has 0 spiro atoms. The predicted octanol–water partition coefficient (Wildman–Crippen LogP) is 4.34. The summed E-state index contributed by atoms with van der Waals surface area (Å²) in [5, 5.41) is 14.0. The number of ether oxygens (including phenoxy) is 1. The lowest BCUT2D eigenvalue weighted by molar-refractivity contribution is -0.119. The van der Waals surface area contributed by atoms with Gasteiger partial charge in [0.05, 0.1) is 22.8 Å². The Balaban J connectivity index is 1.66. The Morgan fingerprint density at radius 2 is 1.96 bits per heavy atom. The van der Waals surface area contributed by atoms with E-state index >= 15 is 0 Å². The summed E-state index contributed by atoms with van der Waals surface area (Å²) in [7, 11) is 0. The Morgan fingerprint density at radius 1 is 1.22 bits per heavy atom. The maximum Gasteiger partial charge on any atom is 0.279 e. The van der Waals surface area contributed by atoms with Crippen LogP contribution in [0.3, 0.4) is 0 Å². The van der Waals surface area contributed by atoms with Crippen molar-refractivity contribution in [1.29, 1.82) is 0 Å². The van der Waals surface area contributed by atoms with Gasteiger partial charge < -0.3 is 15.4 Å². The van der Waals surface area contributed by atoms with Gasteiger partial charge in [-0.05, 0) is 51.1 Å². The van der Waals surface area contributed by atoms with Crippen LogP contribution in [-0.2, 0) is 4.79 Å². The summed E-state index contributed by atoms with van der Waals surface area (Å²) in [5.41, 5.74) is 2.66. The topological polar surface area (TPSA) is 91.9 Å². The highest BCUT2D eigenvalue weighted by atomic mass is 32.1. The van der Waals surface area contributed by atoms with Crippen LogP contribution in [0.5, 0.6) is 10.9 Å². The maximum absolute atomic E-state index is 11.2. The Bertz CT molecular complexity index is 901. The average Bonchev–Trinajstić information content (AvgIpc) is 3.25. The molecule has 1 amide bonds. The molecule has 0 bridgehead atoms. The highest BCUT2D eigenvalue weighted by Gasteiger charge is 2.14. The quantitative estimate of drug-likeness (QED) is 0.562. The Morgan fingerprint density at radius 3 is 2.63 bits per heavy atom. The molecule has 7 nitrogen and oxygen atoms in total. The van der Waals surface area contributed by atoms with Crippen molar-refractivity contribution in [2.75, 3.05) is 5.32 Å². The summed E-state index contributed by atoms with van der Waals surface area (Å²) < 4.78 is 5.83. The fourth-order valence-electron chi connectivity index (χ4n) is 2.54. The predicted molar refractivity (Wildman–Crippen MR) is 107 cm³/mol. The van der Waals surface area contributed by atoms with Crippen molar-refractivity contribution in [2.24, 2.45) is 0 Å². The van der Waals surface area contributed by atoms with E-state index in [1.807, 2.05) is 37.3 Å². The first-order valence-corrected chi connectivity index (χ1v) is 9.55. The zero-order valence-electron chi connectivity index (χ0n) is 15.7. The molecule has 0 saturated carbocycles. The minimum atomic E-state index is -0.134. The molecule has 8 heteroatoms. The largest absolute Gasteiger partial charge is 0.431 e. The molecular weight excluding hydrogens is 362 g/mol. The number of carbonyl (C=O) groups is 1. The average molecular weight is 385 g/mol. The first-order chi connectivity index (χ1) is 12.9. The molecule has 1 atom stereocenters. The van der Waals surface area contributed by atoms with Crippen molar-refractivity contribution in [3.63, 3.8) is 0 Å². The van der Waals surface area contributed by atoms with Gasteiger partial charge in [-0.3, -0.25) is 9.89 Å². The van der Waals surface area contributed by atoms with E-state index < -0.39 is 0 Å². The third-order valence-electron chi connectivity index (χ3n) is 3.74. The first kappa shape index (κ1) is 18.9. The zero-order valence-corrected chi connectivity index (χ0v) is 16.6. The van der Waals surface area contributed by atoms with Crippen LogP contribution in [0.15, 0.2) is 36.5 Å². The number of rotatable bonds is 7. The monoisotopic (exact) mass is 385 g/mol. The first-order valence-electron chi connectivity index (χ1n) is 8.74. The molecule has 0 radical (unpaired) electrons. The van der Waals surface area contributed by atoms with Gasteiger partial charge >= 0.3 is 0 Å². The van der Waals surface area contributed by atoms with Crippen molar-refractivity contribution >= 4 is 22.9 Å². The van der Waals surface area contributed by atoms with E-state index in [4.69, 9.17) is 4.74 Å². The number of carbonyl (C=O) groups excluding carboxylic acids is 1. The second-order valence-electron chi connectivity index (χ2n) is 6.55. The van der Waals surface area contributed by atoms with Crippen molar-refractivity contribution in [1.82, 2.24) is 20.5 Å². The van der Waals surface area contributed by atoms with Gasteiger partial charge in [-0.1, -0.05) is 11.3 Å². The van der Waals surface area contributed by atoms with Crippen LogP contribution in [0.2, 0.25) is 0 Å². The molecule has 3 N–H and O–H groups in total. The summed E-state index contributed by atoms with van der Waals surface area (Å²) in [6, 6.07) is 9.93. The van der Waals surface area contributed by atoms with Gasteiger partial charge in [-0.15, -0.1) is 0 Å². The standard InChI is InChI=1S/C19H23N5O2S/c1-11(2)21-14-5-7-15(8-6-14)26-19-20-10-18(27-19)17-9-16(23-24-17)12(3)22-13(4)25/h5-12,21H,1-4H3,(H,22,25)(H,23,24). The molecular formula is C19H23N5O2S. The molecule has 0 fully saturated rings. The minimum Gasteiger partial charge on any atom is -0.431 e. The molecule has 0 aliphatic heterocycles. The van der Waals surface area contributed by atoms with Gasteiger partial charge in [-0.25, -0.2) is 4.98 Å². The molecule has 2 heterocycles. The molecule has 2 aromatic heterocycles. The number of hydrogen-bond donors (Lipinski definition) is 3. The normalized spacial score (nSPS) is 12.0. The van der Waals surface area contributed by atoms with Crippen molar-refractivity contribution < 1.29 is 9.53 Å². The minimum absolute atomic E-state index is 0.0817. The van der Waals surface area contributed by atoms with Crippen LogP contribution in [0.4, 0.5) is 5.69 Å². The zero-order chi connectivity index (χ0) is 19.4. The molecule has 3 rings (SSSR count). The lowest BCUT2D eigenvalue weighted by Crippen LogP contribution is -2.23. The van der Waals surface area contributed by atoms with Gasteiger partial charge in [0.1, 0.15) is 11.4 Å². The molecule has 27 heavy (non-hydrogen) atoms. The smallest absolute Gasteiger partial charge is 0.279 e. The molecule has 3 aromatic rings. The third-order valence-corrected chi connectivity index (χ3v) is 4.63. The number of nitrogens with one attached hydrogen (secondary N) is 3. The Kier molecular flexibility index (Phi) is 5.75. The Labute approximate surface area is 162 Å². The summed E-state index contributed by atoms with van der Waals surface area (Å²) in [6.07, 6.45) is 1.73. The van der Waals surface area contributed by atoms with E-state index in [2.05, 4.69) is 39.7 Å². The van der Waals surface area contributed by atoms with Gasteiger partial charge in [0.25, 0.3) is 5.19 Å². The summed E-state index contributed by atoms with van der Waals surface area (Å²) in [6.45, 7) is 7.58. The fraction of sp³-hybridized carbons (Fsp3) is 0.316. The second kappa shape index (κ2) is 8.22. The number of benzene rings is 1. The van der Waals surface area contributed by atoms with Gasteiger partial charge in [0, 0.05) is 18.7 Å². The van der Waals surface area contributed by atoms with Gasteiger partial charge in [0.2, 0.25) is 5.91 Å². The number of hydrogen-bond acceptors (Lipinski definition) is 6. The second-order valence-corrected chi connectivity index (χ2v) is 7.54. The number of thiazole rings is 1.